The molecule has 2 unspecified atom stereocenters. The second kappa shape index (κ2) is 9.13. The summed E-state index contributed by atoms with van der Waals surface area (Å²) in [6.45, 7) is 0.744. The number of benzene rings is 3. The molecule has 0 aromatic heterocycles. The first kappa shape index (κ1) is 21.4. The lowest BCUT2D eigenvalue weighted by Crippen LogP contribution is -2.39. The van der Waals surface area contributed by atoms with E-state index in [1.165, 1.54) is 12.1 Å². The third-order valence-corrected chi connectivity index (χ3v) is 6.45. The summed E-state index contributed by atoms with van der Waals surface area (Å²) in [6, 6.07) is 17.7. The quantitative estimate of drug-likeness (QED) is 0.375. The summed E-state index contributed by atoms with van der Waals surface area (Å²) < 4.78 is 26.9. The molecule has 0 radical (unpaired) electrons. The van der Waals surface area contributed by atoms with Crippen molar-refractivity contribution in [2.45, 2.75) is 25.3 Å². The van der Waals surface area contributed by atoms with Crippen molar-refractivity contribution >= 4 is 40.5 Å². The van der Waals surface area contributed by atoms with E-state index in [0.29, 0.717) is 21.5 Å². The van der Waals surface area contributed by atoms with Crippen molar-refractivity contribution in [2.24, 2.45) is 5.92 Å². The Hall–Kier alpha value is -1.81. The number of hydrogen-bond donors (Lipinski definition) is 0. The zero-order chi connectivity index (χ0) is 21.3. The summed E-state index contributed by atoms with van der Waals surface area (Å²) >= 11 is 18.7. The Balaban J connectivity index is 1.63. The van der Waals surface area contributed by atoms with Crippen LogP contribution in [-0.2, 0) is 6.42 Å². The molecule has 0 aliphatic carbocycles. The van der Waals surface area contributed by atoms with Gasteiger partial charge in [0.1, 0.15) is 0 Å². The van der Waals surface area contributed by atoms with Crippen LogP contribution in [0.2, 0.25) is 15.1 Å². The van der Waals surface area contributed by atoms with Gasteiger partial charge in [0.2, 0.25) is 0 Å². The number of anilines is 1. The van der Waals surface area contributed by atoms with Crippen molar-refractivity contribution in [3.05, 3.63) is 98.5 Å². The number of hydrogen-bond acceptors (Lipinski definition) is 1. The van der Waals surface area contributed by atoms with Gasteiger partial charge < -0.3 is 4.90 Å². The lowest BCUT2D eigenvalue weighted by molar-refractivity contribution is 0.357. The van der Waals surface area contributed by atoms with Crippen LogP contribution in [0.1, 0.15) is 30.0 Å². The zero-order valence-electron chi connectivity index (χ0n) is 16.1. The molecule has 4 rings (SSSR count). The van der Waals surface area contributed by atoms with Crippen LogP contribution in [0.15, 0.2) is 60.7 Å². The minimum atomic E-state index is -0.820. The molecule has 1 saturated heterocycles. The lowest BCUT2D eigenvalue weighted by Gasteiger charge is -2.42. The van der Waals surface area contributed by atoms with Crippen molar-refractivity contribution in [3.63, 3.8) is 0 Å². The standard InChI is InChI=1S/C24H20Cl3F2N/c25-18-5-3-17(4-6-18)23-9-2-16(11-15-1-8-21(28)22(29)12-15)14-30(23)24-10-7-19(26)13-20(24)27/h1,3-8,10,12-13,16,23H,2,9,11,14H2. The van der Waals surface area contributed by atoms with Crippen LogP contribution >= 0.6 is 34.8 Å². The molecule has 156 valence electrons. The molecule has 30 heavy (non-hydrogen) atoms. The highest BCUT2D eigenvalue weighted by molar-refractivity contribution is 6.36. The van der Waals surface area contributed by atoms with Gasteiger partial charge in [-0.25, -0.2) is 8.78 Å². The van der Waals surface area contributed by atoms with Crippen molar-refractivity contribution in [1.29, 1.82) is 0 Å². The van der Waals surface area contributed by atoms with E-state index < -0.39 is 11.6 Å². The smallest absolute Gasteiger partial charge is 0.159 e. The van der Waals surface area contributed by atoms with Gasteiger partial charge in [0, 0.05) is 16.6 Å². The molecule has 3 aromatic carbocycles. The first-order chi connectivity index (χ1) is 14.4. The third-order valence-electron chi connectivity index (χ3n) is 5.66. The SMILES string of the molecule is Fc1ccc(CC2CCC(c3ccc(Cl)cc3)N(c3ccc(Cl)cc3Cl)C2)cc1F. The highest BCUT2D eigenvalue weighted by Crippen LogP contribution is 2.41. The van der Waals surface area contributed by atoms with Gasteiger partial charge in [-0.2, -0.15) is 0 Å². The summed E-state index contributed by atoms with van der Waals surface area (Å²) in [5.41, 5.74) is 2.87. The summed E-state index contributed by atoms with van der Waals surface area (Å²) in [7, 11) is 0. The Morgan fingerprint density at radius 3 is 2.23 bits per heavy atom. The monoisotopic (exact) mass is 465 g/mol. The summed E-state index contributed by atoms with van der Waals surface area (Å²) in [5.74, 6) is -1.34. The van der Waals surface area contributed by atoms with Crippen LogP contribution in [-0.4, -0.2) is 6.54 Å². The normalized spacial score (nSPS) is 19.2. The molecular formula is C24H20Cl3F2N. The fraction of sp³-hybridized carbons (Fsp3) is 0.250. The van der Waals surface area contributed by atoms with Gasteiger partial charge in [-0.3, -0.25) is 0 Å². The molecule has 0 amide bonds. The molecule has 0 bridgehead atoms. The number of halogens is 5. The van der Waals surface area contributed by atoms with Gasteiger partial charge in [-0.1, -0.05) is 53.0 Å². The maximum absolute atomic E-state index is 13.7. The van der Waals surface area contributed by atoms with Crippen molar-refractivity contribution in [3.8, 4) is 0 Å². The average molecular weight is 467 g/mol. The fourth-order valence-electron chi connectivity index (χ4n) is 4.22. The molecule has 1 nitrogen and oxygen atoms in total. The minimum absolute atomic E-state index is 0.141. The molecule has 0 spiro atoms. The van der Waals surface area contributed by atoms with Crippen LogP contribution in [0.25, 0.3) is 0 Å². The predicted octanol–water partition coefficient (Wildman–Crippen LogP) is 8.13. The molecule has 2 atom stereocenters. The van der Waals surface area contributed by atoms with Crippen molar-refractivity contribution in [1.82, 2.24) is 0 Å². The molecule has 1 aliphatic rings. The number of piperidine rings is 1. The lowest BCUT2D eigenvalue weighted by atomic mass is 9.85. The van der Waals surface area contributed by atoms with Gasteiger partial charge in [-0.15, -0.1) is 0 Å². The molecule has 0 N–H and O–H groups in total. The molecule has 1 fully saturated rings. The molecule has 6 heteroatoms. The van der Waals surface area contributed by atoms with E-state index in [2.05, 4.69) is 4.90 Å². The predicted molar refractivity (Wildman–Crippen MR) is 121 cm³/mol. The second-order valence-electron chi connectivity index (χ2n) is 7.71. The van der Waals surface area contributed by atoms with Crippen LogP contribution in [0, 0.1) is 17.6 Å². The maximum atomic E-state index is 13.7. The van der Waals surface area contributed by atoms with E-state index in [-0.39, 0.29) is 12.0 Å². The van der Waals surface area contributed by atoms with Crippen LogP contribution in [0.4, 0.5) is 14.5 Å². The Morgan fingerprint density at radius 1 is 0.800 bits per heavy atom. The minimum Gasteiger partial charge on any atom is -0.363 e. The van der Waals surface area contributed by atoms with Gasteiger partial charge >= 0.3 is 0 Å². The van der Waals surface area contributed by atoms with E-state index in [0.717, 1.165) is 36.2 Å². The van der Waals surface area contributed by atoms with E-state index in [1.807, 2.05) is 36.4 Å². The highest BCUT2D eigenvalue weighted by atomic mass is 35.5. The third kappa shape index (κ3) is 4.74. The molecule has 3 aromatic rings. The van der Waals surface area contributed by atoms with Crippen LogP contribution in [0.3, 0.4) is 0 Å². The topological polar surface area (TPSA) is 3.24 Å². The second-order valence-corrected chi connectivity index (χ2v) is 8.99. The largest absolute Gasteiger partial charge is 0.363 e. The summed E-state index contributed by atoms with van der Waals surface area (Å²) in [6.07, 6.45) is 2.55. The zero-order valence-corrected chi connectivity index (χ0v) is 18.4. The Morgan fingerprint density at radius 2 is 1.53 bits per heavy atom. The van der Waals surface area contributed by atoms with Crippen LogP contribution < -0.4 is 4.90 Å². The first-order valence-electron chi connectivity index (χ1n) is 9.82. The Labute approximate surface area is 190 Å². The van der Waals surface area contributed by atoms with Gasteiger partial charge in [-0.05, 0) is 78.8 Å². The van der Waals surface area contributed by atoms with E-state index in [9.17, 15) is 8.78 Å². The first-order valence-corrected chi connectivity index (χ1v) is 10.9. The van der Waals surface area contributed by atoms with Gasteiger partial charge in [0.05, 0.1) is 16.8 Å². The van der Waals surface area contributed by atoms with E-state index in [1.54, 1.807) is 12.1 Å². The molecular weight excluding hydrogens is 447 g/mol. The highest BCUT2D eigenvalue weighted by Gasteiger charge is 2.31. The van der Waals surface area contributed by atoms with E-state index in [4.69, 9.17) is 34.8 Å². The van der Waals surface area contributed by atoms with Crippen molar-refractivity contribution < 1.29 is 8.78 Å². The number of rotatable bonds is 4. The molecule has 1 heterocycles. The Kier molecular flexibility index (Phi) is 6.52. The fourth-order valence-corrected chi connectivity index (χ4v) is 4.87. The van der Waals surface area contributed by atoms with Crippen molar-refractivity contribution in [2.75, 3.05) is 11.4 Å². The Bertz CT molecular complexity index is 1040. The molecule has 1 aliphatic heterocycles. The summed E-state index contributed by atoms with van der Waals surface area (Å²) in [5, 5.41) is 1.87. The average Bonchev–Trinajstić information content (AvgIpc) is 2.72. The molecule has 0 saturated carbocycles. The maximum Gasteiger partial charge on any atom is 0.159 e. The number of nitrogens with zero attached hydrogens (tertiary/aromatic N) is 1. The summed E-state index contributed by atoms with van der Waals surface area (Å²) in [4.78, 5) is 2.29. The van der Waals surface area contributed by atoms with Gasteiger partial charge in [0.25, 0.3) is 0 Å². The van der Waals surface area contributed by atoms with Gasteiger partial charge in [0.15, 0.2) is 11.6 Å². The van der Waals surface area contributed by atoms with E-state index >= 15 is 0 Å². The van der Waals surface area contributed by atoms with Crippen LogP contribution in [0.5, 0.6) is 0 Å².